The van der Waals surface area contributed by atoms with Crippen LogP contribution in [0.15, 0.2) is 24.3 Å². The second-order valence-corrected chi connectivity index (χ2v) is 5.74. The minimum Gasteiger partial charge on any atom is -0.394 e. The molecule has 0 aliphatic heterocycles. The van der Waals surface area contributed by atoms with Crippen LogP contribution in [0.2, 0.25) is 0 Å². The molecule has 1 rings (SSSR count). The van der Waals surface area contributed by atoms with Crippen molar-refractivity contribution in [3.05, 3.63) is 35.4 Å². The summed E-state index contributed by atoms with van der Waals surface area (Å²) in [7, 11) is 1.63. The minimum atomic E-state index is -0.244. The molecule has 0 fully saturated rings. The van der Waals surface area contributed by atoms with Crippen molar-refractivity contribution in [2.24, 2.45) is 0 Å². The van der Waals surface area contributed by atoms with Crippen LogP contribution >= 0.6 is 0 Å². The van der Waals surface area contributed by atoms with Crippen LogP contribution in [0.4, 0.5) is 0 Å². The van der Waals surface area contributed by atoms with E-state index in [0.29, 0.717) is 0 Å². The van der Waals surface area contributed by atoms with E-state index in [1.807, 2.05) is 0 Å². The van der Waals surface area contributed by atoms with Gasteiger partial charge >= 0.3 is 0 Å². The average Bonchev–Trinajstić information content (AvgIpc) is 2.29. The third-order valence-electron chi connectivity index (χ3n) is 2.88. The van der Waals surface area contributed by atoms with E-state index in [0.717, 1.165) is 5.56 Å². The maximum Gasteiger partial charge on any atom is 0.0996 e. The second-order valence-electron chi connectivity index (χ2n) is 5.74. The zero-order valence-electron chi connectivity index (χ0n) is 12.0. The Balaban J connectivity index is 2.99. The lowest BCUT2D eigenvalue weighted by Gasteiger charge is -2.33. The van der Waals surface area contributed by atoms with Crippen molar-refractivity contribution < 1.29 is 9.84 Å². The molecule has 0 bridgehead atoms. The summed E-state index contributed by atoms with van der Waals surface area (Å²) in [5.41, 5.74) is 2.32. The van der Waals surface area contributed by atoms with Gasteiger partial charge in [-0.05, 0) is 33.3 Å². The number of benzene rings is 1. The van der Waals surface area contributed by atoms with Gasteiger partial charge in [-0.3, -0.25) is 0 Å². The largest absolute Gasteiger partial charge is 0.394 e. The number of methoxy groups -OCH3 is 1. The molecule has 0 aliphatic carbocycles. The highest BCUT2D eigenvalue weighted by atomic mass is 16.5. The van der Waals surface area contributed by atoms with Crippen molar-refractivity contribution in [3.63, 3.8) is 0 Å². The van der Waals surface area contributed by atoms with E-state index < -0.39 is 0 Å². The molecule has 2 N–H and O–H groups in total. The summed E-state index contributed by atoms with van der Waals surface area (Å²) in [6.45, 7) is 8.39. The second kappa shape index (κ2) is 6.32. The fourth-order valence-electron chi connectivity index (χ4n) is 1.95. The average molecular weight is 251 g/mol. The summed E-state index contributed by atoms with van der Waals surface area (Å²) < 4.78 is 5.38. The first kappa shape index (κ1) is 15.2. The van der Waals surface area contributed by atoms with Crippen LogP contribution in [0.3, 0.4) is 0 Å². The fourth-order valence-corrected chi connectivity index (χ4v) is 1.95. The van der Waals surface area contributed by atoms with Gasteiger partial charge in [0, 0.05) is 12.6 Å². The van der Waals surface area contributed by atoms with Gasteiger partial charge in [0.05, 0.1) is 18.8 Å². The summed E-state index contributed by atoms with van der Waals surface area (Å²) in [5.74, 6) is 0. The predicted octanol–water partition coefficient (Wildman–Crippen LogP) is 2.43. The molecule has 3 nitrogen and oxygen atoms in total. The van der Waals surface area contributed by atoms with Gasteiger partial charge in [0.25, 0.3) is 0 Å². The van der Waals surface area contributed by atoms with Crippen LogP contribution in [0, 0.1) is 6.92 Å². The van der Waals surface area contributed by atoms with E-state index in [4.69, 9.17) is 4.74 Å². The van der Waals surface area contributed by atoms with Crippen LogP contribution in [-0.4, -0.2) is 30.5 Å². The first-order valence-electron chi connectivity index (χ1n) is 6.35. The molecule has 0 amide bonds. The highest BCUT2D eigenvalue weighted by Crippen LogP contribution is 2.22. The van der Waals surface area contributed by atoms with E-state index in [1.165, 1.54) is 5.56 Å². The van der Waals surface area contributed by atoms with Gasteiger partial charge in [-0.1, -0.05) is 29.8 Å². The molecule has 102 valence electrons. The Morgan fingerprint density at radius 3 is 2.17 bits per heavy atom. The Kier molecular flexibility index (Phi) is 5.32. The molecular weight excluding hydrogens is 226 g/mol. The van der Waals surface area contributed by atoms with Crippen molar-refractivity contribution in [2.75, 3.05) is 13.7 Å². The molecule has 0 heterocycles. The standard InChI is InChI=1S/C15H25NO2/c1-11-6-8-12(9-7-11)14(13(10-17)18-5)16-15(2,3)4/h6-9,13-14,16-17H,10H2,1-5H3/t13-,14-/m1/s1. The van der Waals surface area contributed by atoms with Crippen LogP contribution in [0.25, 0.3) is 0 Å². The van der Waals surface area contributed by atoms with Crippen LogP contribution in [0.5, 0.6) is 0 Å². The molecular formula is C15H25NO2. The number of aliphatic hydroxyl groups excluding tert-OH is 1. The molecule has 1 aromatic rings. The molecule has 0 saturated carbocycles. The minimum absolute atomic E-state index is 0.00186. The maximum atomic E-state index is 9.44. The monoisotopic (exact) mass is 251 g/mol. The van der Waals surface area contributed by atoms with Gasteiger partial charge in [0.15, 0.2) is 0 Å². The lowest BCUT2D eigenvalue weighted by atomic mass is 9.96. The van der Waals surface area contributed by atoms with Gasteiger partial charge in [0.2, 0.25) is 0 Å². The van der Waals surface area contributed by atoms with Crippen molar-refractivity contribution in [2.45, 2.75) is 45.4 Å². The molecule has 0 saturated heterocycles. The molecule has 0 spiro atoms. The lowest BCUT2D eigenvalue weighted by Crippen LogP contribution is -2.45. The molecule has 2 atom stereocenters. The van der Waals surface area contributed by atoms with Crippen molar-refractivity contribution >= 4 is 0 Å². The molecule has 0 radical (unpaired) electrons. The fraction of sp³-hybridized carbons (Fsp3) is 0.600. The topological polar surface area (TPSA) is 41.5 Å². The van der Waals surface area contributed by atoms with Gasteiger partial charge in [-0.15, -0.1) is 0 Å². The molecule has 0 unspecified atom stereocenters. The van der Waals surface area contributed by atoms with Crippen molar-refractivity contribution in [1.29, 1.82) is 0 Å². The molecule has 0 aliphatic rings. The smallest absolute Gasteiger partial charge is 0.0996 e. The van der Waals surface area contributed by atoms with E-state index in [-0.39, 0.29) is 24.3 Å². The Labute approximate surface area is 110 Å². The first-order chi connectivity index (χ1) is 8.37. The normalized spacial score (nSPS) is 15.4. The Morgan fingerprint density at radius 1 is 1.22 bits per heavy atom. The Bertz CT molecular complexity index is 350. The third-order valence-corrected chi connectivity index (χ3v) is 2.88. The Morgan fingerprint density at radius 2 is 1.78 bits per heavy atom. The van der Waals surface area contributed by atoms with E-state index in [9.17, 15) is 5.11 Å². The van der Waals surface area contributed by atoms with Gasteiger partial charge in [-0.25, -0.2) is 0 Å². The lowest BCUT2D eigenvalue weighted by molar-refractivity contribution is 0.0149. The number of ether oxygens (including phenoxy) is 1. The molecule has 3 heteroatoms. The van der Waals surface area contributed by atoms with Gasteiger partial charge < -0.3 is 15.2 Å². The SMILES string of the molecule is CO[C@H](CO)[C@H](NC(C)(C)C)c1ccc(C)cc1. The van der Waals surface area contributed by atoms with Crippen molar-refractivity contribution in [1.82, 2.24) is 5.32 Å². The maximum absolute atomic E-state index is 9.44. The van der Waals surface area contributed by atoms with E-state index in [1.54, 1.807) is 7.11 Å². The zero-order chi connectivity index (χ0) is 13.8. The molecule has 18 heavy (non-hydrogen) atoms. The highest BCUT2D eigenvalue weighted by Gasteiger charge is 2.26. The number of nitrogens with one attached hydrogen (secondary N) is 1. The van der Waals surface area contributed by atoms with Crippen LogP contribution in [-0.2, 0) is 4.74 Å². The molecule has 1 aromatic carbocycles. The van der Waals surface area contributed by atoms with Crippen molar-refractivity contribution in [3.8, 4) is 0 Å². The van der Waals surface area contributed by atoms with Crippen LogP contribution < -0.4 is 5.32 Å². The summed E-state index contributed by atoms with van der Waals surface area (Å²) >= 11 is 0. The third kappa shape index (κ3) is 4.41. The predicted molar refractivity (Wildman–Crippen MR) is 74.7 cm³/mol. The summed E-state index contributed by atoms with van der Waals surface area (Å²) in [5, 5.41) is 13.0. The summed E-state index contributed by atoms with van der Waals surface area (Å²) in [4.78, 5) is 0. The number of rotatable bonds is 5. The highest BCUT2D eigenvalue weighted by molar-refractivity contribution is 5.25. The van der Waals surface area contributed by atoms with Gasteiger partial charge in [0.1, 0.15) is 0 Å². The summed E-state index contributed by atoms with van der Waals surface area (Å²) in [6, 6.07) is 8.31. The van der Waals surface area contributed by atoms with E-state index >= 15 is 0 Å². The quantitative estimate of drug-likeness (QED) is 0.844. The van der Waals surface area contributed by atoms with Crippen LogP contribution in [0.1, 0.15) is 37.9 Å². The first-order valence-corrected chi connectivity index (χ1v) is 6.35. The number of aryl methyl sites for hydroxylation is 1. The zero-order valence-corrected chi connectivity index (χ0v) is 12.0. The number of hydrogen-bond donors (Lipinski definition) is 2. The Hall–Kier alpha value is -0.900. The van der Waals surface area contributed by atoms with E-state index in [2.05, 4.69) is 57.3 Å². The van der Waals surface area contributed by atoms with Gasteiger partial charge in [-0.2, -0.15) is 0 Å². The number of aliphatic hydroxyl groups is 1. The molecule has 0 aromatic heterocycles. The summed E-state index contributed by atoms with van der Waals surface area (Å²) in [6.07, 6.45) is -0.244. The number of hydrogen-bond acceptors (Lipinski definition) is 3.